The number of piperidine rings is 1. The number of likely N-dealkylation sites (tertiary alicyclic amines) is 1. The van der Waals surface area contributed by atoms with Crippen LogP contribution in [0.25, 0.3) is 0 Å². The molecule has 1 aliphatic carbocycles. The van der Waals surface area contributed by atoms with Gasteiger partial charge in [0.1, 0.15) is 12.3 Å². The van der Waals surface area contributed by atoms with Crippen LogP contribution in [0.4, 0.5) is 0 Å². The zero-order valence-electron chi connectivity index (χ0n) is 11.9. The fourth-order valence-electron chi connectivity index (χ4n) is 2.82. The average molecular weight is 292 g/mol. The van der Waals surface area contributed by atoms with Crippen molar-refractivity contribution in [3.63, 3.8) is 0 Å². The monoisotopic (exact) mass is 292 g/mol. The van der Waals surface area contributed by atoms with Gasteiger partial charge in [0, 0.05) is 25.3 Å². The minimum absolute atomic E-state index is 0.0552. The van der Waals surface area contributed by atoms with Crippen LogP contribution in [0.2, 0.25) is 0 Å². The van der Waals surface area contributed by atoms with E-state index in [-0.39, 0.29) is 18.6 Å². The summed E-state index contributed by atoms with van der Waals surface area (Å²) >= 11 is 0. The highest BCUT2D eigenvalue weighted by Crippen LogP contribution is 2.36. The molecule has 21 heavy (non-hydrogen) atoms. The van der Waals surface area contributed by atoms with Gasteiger partial charge < -0.3 is 19.3 Å². The summed E-state index contributed by atoms with van der Waals surface area (Å²) in [6.07, 6.45) is 5.63. The van der Waals surface area contributed by atoms with E-state index in [4.69, 9.17) is 9.84 Å². The van der Waals surface area contributed by atoms with Crippen molar-refractivity contribution in [1.82, 2.24) is 9.47 Å². The molecule has 0 bridgehead atoms. The van der Waals surface area contributed by atoms with E-state index in [1.165, 1.54) is 0 Å². The van der Waals surface area contributed by atoms with E-state index in [0.29, 0.717) is 32.0 Å². The van der Waals surface area contributed by atoms with Gasteiger partial charge in [0.05, 0.1) is 6.10 Å². The number of carbonyl (C=O) groups excluding carboxylic acids is 1. The number of nitrogens with zero attached hydrogens (tertiary/aromatic N) is 2. The molecule has 2 fully saturated rings. The van der Waals surface area contributed by atoms with E-state index in [9.17, 15) is 9.59 Å². The number of rotatable bonds is 5. The number of carbonyl (C=O) groups is 2. The molecule has 0 unspecified atom stereocenters. The Labute approximate surface area is 123 Å². The molecule has 1 aromatic heterocycles. The Morgan fingerprint density at radius 1 is 1.24 bits per heavy atom. The van der Waals surface area contributed by atoms with Crippen molar-refractivity contribution in [2.75, 3.05) is 19.7 Å². The van der Waals surface area contributed by atoms with Gasteiger partial charge in [-0.3, -0.25) is 4.79 Å². The molecule has 6 nitrogen and oxygen atoms in total. The van der Waals surface area contributed by atoms with Gasteiger partial charge in [-0.2, -0.15) is 0 Å². The van der Waals surface area contributed by atoms with Gasteiger partial charge in [0.2, 0.25) is 0 Å². The fraction of sp³-hybridized carbons (Fsp3) is 0.600. The molecule has 1 aromatic rings. The molecule has 0 aromatic carbocycles. The van der Waals surface area contributed by atoms with Crippen LogP contribution >= 0.6 is 0 Å². The third-order valence-electron chi connectivity index (χ3n) is 4.11. The van der Waals surface area contributed by atoms with Crippen molar-refractivity contribution in [3.05, 3.63) is 24.0 Å². The molecular weight excluding hydrogens is 272 g/mol. The zero-order valence-corrected chi connectivity index (χ0v) is 11.9. The topological polar surface area (TPSA) is 71.8 Å². The fourth-order valence-corrected chi connectivity index (χ4v) is 2.82. The Bertz CT molecular complexity index is 528. The second-order valence-corrected chi connectivity index (χ2v) is 5.73. The summed E-state index contributed by atoms with van der Waals surface area (Å²) in [6.45, 7) is 0.987. The summed E-state index contributed by atoms with van der Waals surface area (Å²) in [4.78, 5) is 24.9. The van der Waals surface area contributed by atoms with E-state index in [2.05, 4.69) is 4.57 Å². The average Bonchev–Trinajstić information content (AvgIpc) is 3.22. The maximum Gasteiger partial charge on any atom is 0.329 e. The molecule has 0 spiro atoms. The lowest BCUT2D eigenvalue weighted by atomic mass is 10.1. The van der Waals surface area contributed by atoms with Gasteiger partial charge in [-0.1, -0.05) is 0 Å². The van der Waals surface area contributed by atoms with Crippen molar-refractivity contribution in [2.45, 2.75) is 37.8 Å². The molecule has 0 radical (unpaired) electrons. The van der Waals surface area contributed by atoms with Crippen molar-refractivity contribution < 1.29 is 19.4 Å². The maximum atomic E-state index is 12.6. The number of hydrogen-bond donors (Lipinski definition) is 1. The number of hydrogen-bond acceptors (Lipinski definition) is 3. The van der Waals surface area contributed by atoms with Gasteiger partial charge in [0.15, 0.2) is 0 Å². The smallest absolute Gasteiger partial charge is 0.329 e. The first-order valence-corrected chi connectivity index (χ1v) is 7.44. The van der Waals surface area contributed by atoms with Gasteiger partial charge in [-0.15, -0.1) is 0 Å². The van der Waals surface area contributed by atoms with Gasteiger partial charge in [0.25, 0.3) is 5.91 Å². The first-order chi connectivity index (χ1) is 10.1. The summed E-state index contributed by atoms with van der Waals surface area (Å²) in [5.74, 6) is -0.876. The second-order valence-electron chi connectivity index (χ2n) is 5.73. The van der Waals surface area contributed by atoms with Crippen LogP contribution in [0.5, 0.6) is 0 Å². The Hall–Kier alpha value is -1.82. The lowest BCUT2D eigenvalue weighted by Gasteiger charge is -2.31. The Morgan fingerprint density at radius 2 is 1.95 bits per heavy atom. The van der Waals surface area contributed by atoms with E-state index < -0.39 is 5.97 Å². The molecule has 0 atom stereocenters. The highest BCUT2D eigenvalue weighted by molar-refractivity contribution is 5.93. The minimum Gasteiger partial charge on any atom is -0.480 e. The van der Waals surface area contributed by atoms with E-state index in [1.807, 2.05) is 23.2 Å². The second kappa shape index (κ2) is 5.89. The highest BCUT2D eigenvalue weighted by Gasteiger charge is 2.30. The lowest BCUT2D eigenvalue weighted by molar-refractivity contribution is -0.145. The summed E-state index contributed by atoms with van der Waals surface area (Å²) in [7, 11) is 0. The van der Waals surface area contributed by atoms with Crippen LogP contribution in [0, 0.1) is 0 Å². The summed E-state index contributed by atoms with van der Waals surface area (Å²) < 4.78 is 7.37. The van der Waals surface area contributed by atoms with Crippen LogP contribution in [0.3, 0.4) is 0 Å². The van der Waals surface area contributed by atoms with Gasteiger partial charge >= 0.3 is 5.97 Å². The molecule has 114 valence electrons. The number of aromatic nitrogens is 1. The number of amides is 1. The van der Waals surface area contributed by atoms with E-state index in [0.717, 1.165) is 18.5 Å². The largest absolute Gasteiger partial charge is 0.480 e. The van der Waals surface area contributed by atoms with Crippen molar-refractivity contribution in [1.29, 1.82) is 0 Å². The number of aliphatic carboxylic acids is 1. The summed E-state index contributed by atoms with van der Waals surface area (Å²) in [6, 6.07) is 4.30. The predicted octanol–water partition coefficient (Wildman–Crippen LogP) is 1.53. The first kappa shape index (κ1) is 14.1. The Morgan fingerprint density at radius 3 is 2.57 bits per heavy atom. The number of carboxylic acid groups (broad SMARTS) is 1. The quantitative estimate of drug-likeness (QED) is 0.893. The van der Waals surface area contributed by atoms with Crippen LogP contribution < -0.4 is 0 Å². The molecule has 2 aliphatic rings. The third-order valence-corrected chi connectivity index (χ3v) is 4.11. The van der Waals surface area contributed by atoms with Crippen molar-refractivity contribution in [3.8, 4) is 0 Å². The number of ether oxygens (including phenoxy) is 1. The van der Waals surface area contributed by atoms with Crippen LogP contribution in [-0.4, -0.2) is 52.3 Å². The van der Waals surface area contributed by atoms with Gasteiger partial charge in [-0.25, -0.2) is 4.79 Å². The predicted molar refractivity (Wildman–Crippen MR) is 75.2 cm³/mol. The minimum atomic E-state index is -0.948. The SMILES string of the molecule is O=C(O)COC1CCN(C(=O)c2cccn2C2CC2)CC1. The van der Waals surface area contributed by atoms with Crippen LogP contribution in [-0.2, 0) is 9.53 Å². The normalized spacial score (nSPS) is 19.7. The Balaban J connectivity index is 1.55. The molecule has 3 rings (SSSR count). The Kier molecular flexibility index (Phi) is 3.96. The molecule has 2 heterocycles. The molecule has 1 N–H and O–H groups in total. The third kappa shape index (κ3) is 3.26. The molecular formula is C15H20N2O4. The van der Waals surface area contributed by atoms with Crippen LogP contribution in [0.1, 0.15) is 42.2 Å². The maximum absolute atomic E-state index is 12.6. The molecule has 1 saturated carbocycles. The van der Waals surface area contributed by atoms with E-state index in [1.54, 1.807) is 0 Å². The standard InChI is InChI=1S/C15H20N2O4/c18-14(19)10-21-12-5-8-16(9-6-12)15(20)13-2-1-7-17(13)11-3-4-11/h1-2,7,11-12H,3-6,8-10H2,(H,18,19). The van der Waals surface area contributed by atoms with Crippen molar-refractivity contribution in [2.24, 2.45) is 0 Å². The number of carboxylic acids is 1. The molecule has 6 heteroatoms. The molecule has 1 aliphatic heterocycles. The van der Waals surface area contributed by atoms with E-state index >= 15 is 0 Å². The summed E-state index contributed by atoms with van der Waals surface area (Å²) in [5.41, 5.74) is 0.766. The zero-order chi connectivity index (χ0) is 14.8. The lowest BCUT2D eigenvalue weighted by Crippen LogP contribution is -2.41. The first-order valence-electron chi connectivity index (χ1n) is 7.44. The summed E-state index contributed by atoms with van der Waals surface area (Å²) in [5, 5.41) is 8.61. The van der Waals surface area contributed by atoms with Crippen molar-refractivity contribution >= 4 is 11.9 Å². The van der Waals surface area contributed by atoms with Crippen LogP contribution in [0.15, 0.2) is 18.3 Å². The van der Waals surface area contributed by atoms with Gasteiger partial charge in [-0.05, 0) is 37.8 Å². The molecule has 1 amide bonds. The molecule has 1 saturated heterocycles. The highest BCUT2D eigenvalue weighted by atomic mass is 16.5.